The summed E-state index contributed by atoms with van der Waals surface area (Å²) in [7, 11) is 0. The molecule has 0 unspecified atom stereocenters. The van der Waals surface area contributed by atoms with Crippen molar-refractivity contribution in [3.05, 3.63) is 139 Å². The minimum Gasteiger partial charge on any atom is -0.291 e. The summed E-state index contributed by atoms with van der Waals surface area (Å²) < 4.78 is 4.84. The molecule has 0 saturated heterocycles. The molecule has 1 aliphatic rings. The molecule has 0 amide bonds. The molecule has 170 valence electrons. The van der Waals surface area contributed by atoms with Gasteiger partial charge >= 0.3 is 0 Å². The highest BCUT2D eigenvalue weighted by atomic mass is 32.4. The Morgan fingerprint density at radius 1 is 0.486 bits per heavy atom. The highest BCUT2D eigenvalue weighted by molar-refractivity contribution is 8.20. The van der Waals surface area contributed by atoms with Crippen LogP contribution in [-0.2, 0) is 11.8 Å². The summed E-state index contributed by atoms with van der Waals surface area (Å²) in [5, 5.41) is 1.19. The SMILES string of the molecule is Cc1ccccc1-c1ccccc1P1(=S)N(c2ccccc2)c2ccccc2N1c1ccccc1. The second-order valence-electron chi connectivity index (χ2n) is 8.66. The zero-order valence-corrected chi connectivity index (χ0v) is 21.2. The third-order valence-corrected chi connectivity index (χ3v) is 11.1. The zero-order valence-electron chi connectivity index (χ0n) is 19.5. The zero-order chi connectivity index (χ0) is 23.8. The highest BCUT2D eigenvalue weighted by Gasteiger charge is 2.45. The largest absolute Gasteiger partial charge is 0.291 e. The summed E-state index contributed by atoms with van der Waals surface area (Å²) in [6, 6.07) is 47.1. The van der Waals surface area contributed by atoms with Gasteiger partial charge in [0.25, 0.3) is 0 Å². The van der Waals surface area contributed by atoms with Crippen LogP contribution in [0.1, 0.15) is 5.56 Å². The van der Waals surface area contributed by atoms with Gasteiger partial charge in [-0.2, -0.15) is 0 Å². The van der Waals surface area contributed by atoms with Crippen molar-refractivity contribution in [1.82, 2.24) is 0 Å². The minimum absolute atomic E-state index is 1.11. The van der Waals surface area contributed by atoms with E-state index in [1.165, 1.54) is 22.0 Å². The van der Waals surface area contributed by atoms with Gasteiger partial charge in [0.2, 0.25) is 0 Å². The average molecular weight is 489 g/mol. The molecule has 35 heavy (non-hydrogen) atoms. The molecule has 0 atom stereocenters. The molecule has 0 saturated carbocycles. The van der Waals surface area contributed by atoms with Crippen molar-refractivity contribution in [3.8, 4) is 11.1 Å². The smallest absolute Gasteiger partial charge is 0.163 e. The molecule has 0 N–H and O–H groups in total. The van der Waals surface area contributed by atoms with E-state index in [0.29, 0.717) is 0 Å². The molecule has 0 aliphatic carbocycles. The first-order chi connectivity index (χ1) is 17.2. The van der Waals surface area contributed by atoms with E-state index >= 15 is 0 Å². The molecule has 4 heteroatoms. The molecule has 5 aromatic carbocycles. The molecule has 0 fully saturated rings. The highest BCUT2D eigenvalue weighted by Crippen LogP contribution is 2.70. The molecule has 0 spiro atoms. The Kier molecular flexibility index (Phi) is 5.53. The van der Waals surface area contributed by atoms with Gasteiger partial charge in [0, 0.05) is 16.7 Å². The number of anilines is 4. The van der Waals surface area contributed by atoms with Gasteiger partial charge in [0.1, 0.15) is 0 Å². The predicted molar refractivity (Wildman–Crippen MR) is 154 cm³/mol. The van der Waals surface area contributed by atoms with Crippen LogP contribution in [0, 0.1) is 6.92 Å². The molecular weight excluding hydrogens is 463 g/mol. The predicted octanol–water partition coefficient (Wildman–Crippen LogP) is 8.59. The summed E-state index contributed by atoms with van der Waals surface area (Å²) in [6.45, 7) is 2.17. The van der Waals surface area contributed by atoms with Crippen LogP contribution >= 0.6 is 6.34 Å². The van der Waals surface area contributed by atoms with Gasteiger partial charge in [-0.15, -0.1) is 0 Å². The summed E-state index contributed by atoms with van der Waals surface area (Å²) in [5.41, 5.74) is 8.18. The van der Waals surface area contributed by atoms with E-state index in [4.69, 9.17) is 11.8 Å². The maximum absolute atomic E-state index is 6.94. The molecule has 6 rings (SSSR count). The lowest BCUT2D eigenvalue weighted by molar-refractivity contribution is 1.44. The fourth-order valence-corrected chi connectivity index (χ4v) is 9.76. The summed E-state index contributed by atoms with van der Waals surface area (Å²) in [4.78, 5) is 0. The Balaban J connectivity index is 1.71. The fraction of sp³-hybridized carbons (Fsp3) is 0.0323. The maximum atomic E-state index is 6.94. The van der Waals surface area contributed by atoms with Gasteiger partial charge in [-0.1, -0.05) is 91.0 Å². The van der Waals surface area contributed by atoms with Crippen LogP contribution in [0.5, 0.6) is 0 Å². The lowest BCUT2D eigenvalue weighted by atomic mass is 10.0. The van der Waals surface area contributed by atoms with Crippen LogP contribution in [-0.4, -0.2) is 0 Å². The van der Waals surface area contributed by atoms with E-state index < -0.39 is 6.34 Å². The number of hydrogen-bond donors (Lipinski definition) is 0. The van der Waals surface area contributed by atoms with Crippen molar-refractivity contribution in [2.75, 3.05) is 9.34 Å². The monoisotopic (exact) mass is 488 g/mol. The van der Waals surface area contributed by atoms with Crippen LogP contribution in [0.3, 0.4) is 0 Å². The summed E-state index contributed by atoms with van der Waals surface area (Å²) >= 11 is 6.94. The normalized spacial score (nSPS) is 14.1. The minimum atomic E-state index is -2.59. The van der Waals surface area contributed by atoms with Gasteiger partial charge in [0.05, 0.1) is 11.4 Å². The van der Waals surface area contributed by atoms with E-state index in [9.17, 15) is 0 Å². The number of para-hydroxylation sites is 4. The quantitative estimate of drug-likeness (QED) is 0.234. The molecule has 2 nitrogen and oxygen atoms in total. The lowest BCUT2D eigenvalue weighted by Gasteiger charge is -2.38. The van der Waals surface area contributed by atoms with E-state index in [2.05, 4.69) is 150 Å². The van der Waals surface area contributed by atoms with Gasteiger partial charge < -0.3 is 0 Å². The van der Waals surface area contributed by atoms with Crippen molar-refractivity contribution in [3.63, 3.8) is 0 Å². The molecule has 0 bridgehead atoms. The first-order valence-corrected chi connectivity index (χ1v) is 14.5. The van der Waals surface area contributed by atoms with Gasteiger partial charge in [0.15, 0.2) is 6.34 Å². The maximum Gasteiger partial charge on any atom is 0.163 e. The van der Waals surface area contributed by atoms with Gasteiger partial charge in [-0.05, 0) is 77.9 Å². The fourth-order valence-electron chi connectivity index (χ4n) is 4.98. The molecule has 1 aliphatic heterocycles. The second-order valence-corrected chi connectivity index (χ2v) is 12.6. The average Bonchev–Trinajstić information content (AvgIpc) is 3.19. The van der Waals surface area contributed by atoms with Crippen LogP contribution in [0.15, 0.2) is 133 Å². The molecular formula is C31H25N2PS. The third kappa shape index (κ3) is 3.51. The topological polar surface area (TPSA) is 6.48 Å². The van der Waals surface area contributed by atoms with Crippen LogP contribution in [0.25, 0.3) is 11.1 Å². The van der Waals surface area contributed by atoms with E-state index in [1.54, 1.807) is 0 Å². The number of hydrogen-bond acceptors (Lipinski definition) is 1. The third-order valence-electron chi connectivity index (χ3n) is 6.53. The van der Waals surface area contributed by atoms with E-state index in [0.717, 1.165) is 22.7 Å². The number of nitrogens with zero attached hydrogens (tertiary/aromatic N) is 2. The molecule has 0 aromatic heterocycles. The van der Waals surface area contributed by atoms with Crippen LogP contribution in [0.4, 0.5) is 22.7 Å². The Labute approximate surface area is 212 Å². The molecule has 1 heterocycles. The van der Waals surface area contributed by atoms with Crippen LogP contribution in [0.2, 0.25) is 0 Å². The lowest BCUT2D eigenvalue weighted by Crippen LogP contribution is -2.27. The second kappa shape index (κ2) is 8.85. The first-order valence-electron chi connectivity index (χ1n) is 11.8. The van der Waals surface area contributed by atoms with Gasteiger partial charge in [-0.3, -0.25) is 9.34 Å². The standard InChI is InChI=1S/C31H25N2PS/c1-24-14-8-9-19-27(24)28-20-10-13-23-31(28)34(35)32(25-15-4-2-5-16-25)29-21-11-12-22-30(29)33(34)26-17-6-3-7-18-26/h2-23H,1H3. The Hall–Kier alpha value is -3.65. The Bertz CT molecular complexity index is 1480. The van der Waals surface area contributed by atoms with Gasteiger partial charge in [-0.25, -0.2) is 0 Å². The number of rotatable bonds is 4. The number of fused-ring (bicyclic) bond motifs is 1. The Morgan fingerprint density at radius 2 is 0.914 bits per heavy atom. The summed E-state index contributed by atoms with van der Waals surface area (Å²) in [6.07, 6.45) is -2.59. The molecule has 5 aromatic rings. The van der Waals surface area contributed by atoms with Crippen LogP contribution < -0.4 is 14.6 Å². The van der Waals surface area contributed by atoms with E-state index in [-0.39, 0.29) is 0 Å². The van der Waals surface area contributed by atoms with Crippen molar-refractivity contribution in [2.24, 2.45) is 0 Å². The van der Waals surface area contributed by atoms with E-state index in [1.807, 2.05) is 0 Å². The molecule has 0 radical (unpaired) electrons. The van der Waals surface area contributed by atoms with Crippen molar-refractivity contribution in [1.29, 1.82) is 0 Å². The van der Waals surface area contributed by atoms with Crippen molar-refractivity contribution < 1.29 is 0 Å². The first kappa shape index (κ1) is 21.9. The van der Waals surface area contributed by atoms with Crippen molar-refractivity contribution in [2.45, 2.75) is 6.92 Å². The summed E-state index contributed by atoms with van der Waals surface area (Å²) in [5.74, 6) is 0. The Morgan fingerprint density at radius 3 is 1.46 bits per heavy atom. The van der Waals surface area contributed by atoms with Crippen molar-refractivity contribution >= 4 is 46.2 Å². The number of aryl methyl sites for hydroxylation is 1. The number of benzene rings is 5.